The molecule has 0 fully saturated rings. The molecule has 19 heavy (non-hydrogen) atoms. The van der Waals surface area contributed by atoms with Crippen LogP contribution in [-0.4, -0.2) is 26.5 Å². The van der Waals surface area contributed by atoms with Gasteiger partial charge in [-0.2, -0.15) is 0 Å². The lowest BCUT2D eigenvalue weighted by Gasteiger charge is -2.39. The van der Waals surface area contributed by atoms with Crippen LogP contribution in [0.4, 0.5) is 0 Å². The highest BCUT2D eigenvalue weighted by molar-refractivity contribution is 6.74. The largest absolute Gasteiger partial charge is 0.460 e. The van der Waals surface area contributed by atoms with Gasteiger partial charge in [-0.05, 0) is 31.5 Å². The molecule has 0 bridgehead atoms. The van der Waals surface area contributed by atoms with Crippen molar-refractivity contribution in [2.24, 2.45) is 0 Å². The topological polar surface area (TPSA) is 35.5 Å². The van der Waals surface area contributed by atoms with E-state index in [-0.39, 0.29) is 23.2 Å². The van der Waals surface area contributed by atoms with E-state index in [0.29, 0.717) is 6.42 Å². The van der Waals surface area contributed by atoms with Gasteiger partial charge in [0.2, 0.25) is 0 Å². The number of hydrogen-bond donors (Lipinski definition) is 0. The number of rotatable bonds is 7. The van der Waals surface area contributed by atoms with Crippen molar-refractivity contribution >= 4 is 14.3 Å². The van der Waals surface area contributed by atoms with E-state index in [9.17, 15) is 4.79 Å². The second-order valence-corrected chi connectivity index (χ2v) is 11.3. The molecule has 2 atom stereocenters. The Morgan fingerprint density at radius 2 is 1.89 bits per heavy atom. The Labute approximate surface area is 119 Å². The molecule has 0 heterocycles. The van der Waals surface area contributed by atoms with Crippen LogP contribution >= 0.6 is 0 Å². The number of carbonyl (C=O) groups excluding carboxylic acids is 1. The highest BCUT2D eigenvalue weighted by Gasteiger charge is 2.40. The summed E-state index contributed by atoms with van der Waals surface area (Å²) in [4.78, 5) is 11.5. The van der Waals surface area contributed by atoms with Crippen molar-refractivity contribution in [2.45, 2.75) is 77.8 Å². The van der Waals surface area contributed by atoms with Gasteiger partial charge in [0.05, 0.1) is 0 Å². The number of carbonyl (C=O) groups is 1. The van der Waals surface area contributed by atoms with Gasteiger partial charge in [0.15, 0.2) is 8.32 Å². The molecule has 0 amide bonds. The molecule has 0 saturated carbocycles. The van der Waals surface area contributed by atoms with Crippen LogP contribution in [0.5, 0.6) is 0 Å². The molecule has 112 valence electrons. The van der Waals surface area contributed by atoms with Crippen molar-refractivity contribution in [3.63, 3.8) is 0 Å². The zero-order valence-corrected chi connectivity index (χ0v) is 14.6. The Balaban J connectivity index is 4.67. The second-order valence-electron chi connectivity index (χ2n) is 6.52. The molecule has 0 unspecified atom stereocenters. The first-order valence-electron chi connectivity index (χ1n) is 7.05. The standard InChI is InChI=1S/C15H30O3Si/c1-9-11-14(16)17-12(3)13(10-2)18-19(7,8)15(4,5)6/h10,12-13H,2,9,11H2,1,3-8H3/t12-,13+/m1/s1. The molecular weight excluding hydrogens is 256 g/mol. The highest BCUT2D eigenvalue weighted by atomic mass is 28.4. The molecule has 0 spiro atoms. The van der Waals surface area contributed by atoms with E-state index in [4.69, 9.17) is 9.16 Å². The predicted molar refractivity (Wildman–Crippen MR) is 82.7 cm³/mol. The molecule has 0 aromatic heterocycles. The van der Waals surface area contributed by atoms with Gasteiger partial charge in [0.25, 0.3) is 0 Å². The summed E-state index contributed by atoms with van der Waals surface area (Å²) in [5.41, 5.74) is 0. The van der Waals surface area contributed by atoms with Crippen molar-refractivity contribution in [1.29, 1.82) is 0 Å². The summed E-state index contributed by atoms with van der Waals surface area (Å²) in [6.45, 7) is 18.6. The zero-order chi connectivity index (χ0) is 15.3. The molecule has 0 aliphatic heterocycles. The molecule has 4 heteroatoms. The molecule has 0 saturated heterocycles. The minimum absolute atomic E-state index is 0.126. The summed E-state index contributed by atoms with van der Waals surface area (Å²) >= 11 is 0. The highest BCUT2D eigenvalue weighted by Crippen LogP contribution is 2.37. The van der Waals surface area contributed by atoms with Crippen molar-refractivity contribution in [3.8, 4) is 0 Å². The van der Waals surface area contributed by atoms with Gasteiger partial charge in [0, 0.05) is 6.42 Å². The third-order valence-corrected chi connectivity index (χ3v) is 8.18. The van der Waals surface area contributed by atoms with Gasteiger partial charge in [0.1, 0.15) is 12.2 Å². The summed E-state index contributed by atoms with van der Waals surface area (Å²) in [5.74, 6) is -0.166. The summed E-state index contributed by atoms with van der Waals surface area (Å²) in [6.07, 6.45) is 2.47. The van der Waals surface area contributed by atoms with E-state index >= 15 is 0 Å². The van der Waals surface area contributed by atoms with E-state index in [1.54, 1.807) is 6.08 Å². The second kappa shape index (κ2) is 7.24. The monoisotopic (exact) mass is 286 g/mol. The van der Waals surface area contributed by atoms with Gasteiger partial charge in [-0.25, -0.2) is 0 Å². The van der Waals surface area contributed by atoms with Gasteiger partial charge in [-0.3, -0.25) is 4.79 Å². The maximum Gasteiger partial charge on any atom is 0.306 e. The third-order valence-electron chi connectivity index (χ3n) is 3.70. The molecule has 0 radical (unpaired) electrons. The lowest BCUT2D eigenvalue weighted by Crippen LogP contribution is -2.46. The van der Waals surface area contributed by atoms with Crippen LogP contribution in [0.25, 0.3) is 0 Å². The van der Waals surface area contributed by atoms with Crippen LogP contribution < -0.4 is 0 Å². The average Bonchev–Trinajstić information content (AvgIpc) is 2.24. The van der Waals surface area contributed by atoms with Gasteiger partial charge >= 0.3 is 5.97 Å². The molecule has 0 aliphatic rings. The van der Waals surface area contributed by atoms with E-state index < -0.39 is 8.32 Å². The molecule has 3 nitrogen and oxygen atoms in total. The van der Waals surface area contributed by atoms with Crippen LogP contribution in [0.15, 0.2) is 12.7 Å². The first kappa shape index (κ1) is 18.4. The summed E-state index contributed by atoms with van der Waals surface area (Å²) in [6, 6.07) is 0. The molecule has 0 N–H and O–H groups in total. The Hall–Kier alpha value is -0.613. The van der Waals surface area contributed by atoms with Crippen LogP contribution in [-0.2, 0) is 14.0 Å². The van der Waals surface area contributed by atoms with Gasteiger partial charge < -0.3 is 9.16 Å². The van der Waals surface area contributed by atoms with Crippen LogP contribution in [0.2, 0.25) is 18.1 Å². The normalized spacial score (nSPS) is 15.7. The SMILES string of the molecule is C=C[C@H](O[Si](C)(C)C(C)(C)C)[C@@H](C)OC(=O)CCC. The van der Waals surface area contributed by atoms with Crippen molar-refractivity contribution < 1.29 is 14.0 Å². The molecule has 0 aliphatic carbocycles. The van der Waals surface area contributed by atoms with E-state index in [1.807, 2.05) is 13.8 Å². The maximum atomic E-state index is 11.5. The van der Waals surface area contributed by atoms with Crippen LogP contribution in [0.1, 0.15) is 47.5 Å². The molecule has 0 aromatic carbocycles. The zero-order valence-electron chi connectivity index (χ0n) is 13.6. The maximum absolute atomic E-state index is 11.5. The summed E-state index contributed by atoms with van der Waals surface area (Å²) < 4.78 is 11.6. The number of ether oxygens (including phenoxy) is 1. The number of hydrogen-bond acceptors (Lipinski definition) is 3. The van der Waals surface area contributed by atoms with Crippen molar-refractivity contribution in [1.82, 2.24) is 0 Å². The summed E-state index contributed by atoms with van der Waals surface area (Å²) in [5, 5.41) is 0.126. The van der Waals surface area contributed by atoms with E-state index in [2.05, 4.69) is 40.4 Å². The van der Waals surface area contributed by atoms with E-state index in [1.165, 1.54) is 0 Å². The predicted octanol–water partition coefficient (Wildman–Crippen LogP) is 4.29. The first-order chi connectivity index (χ1) is 8.55. The molecule has 0 aromatic rings. The minimum atomic E-state index is -1.88. The Morgan fingerprint density at radius 1 is 1.37 bits per heavy atom. The lowest BCUT2D eigenvalue weighted by atomic mass is 10.2. The summed E-state index contributed by atoms with van der Waals surface area (Å²) in [7, 11) is -1.88. The fourth-order valence-corrected chi connectivity index (χ4v) is 2.71. The van der Waals surface area contributed by atoms with Gasteiger partial charge in [-0.1, -0.05) is 33.8 Å². The Bertz CT molecular complexity index is 305. The van der Waals surface area contributed by atoms with Gasteiger partial charge in [-0.15, -0.1) is 6.58 Å². The Morgan fingerprint density at radius 3 is 2.26 bits per heavy atom. The fourth-order valence-electron chi connectivity index (χ4n) is 1.39. The lowest BCUT2D eigenvalue weighted by molar-refractivity contribution is -0.151. The smallest absolute Gasteiger partial charge is 0.306 e. The Kier molecular flexibility index (Phi) is 7.01. The quantitative estimate of drug-likeness (QED) is 0.398. The third kappa shape index (κ3) is 5.91. The van der Waals surface area contributed by atoms with Crippen LogP contribution in [0.3, 0.4) is 0 Å². The molecular formula is C15H30O3Si. The van der Waals surface area contributed by atoms with Crippen LogP contribution in [0, 0.1) is 0 Å². The minimum Gasteiger partial charge on any atom is -0.460 e. The molecule has 0 rings (SSSR count). The number of esters is 1. The van der Waals surface area contributed by atoms with Crippen molar-refractivity contribution in [2.75, 3.05) is 0 Å². The van der Waals surface area contributed by atoms with Crippen molar-refractivity contribution in [3.05, 3.63) is 12.7 Å². The van der Waals surface area contributed by atoms with E-state index in [0.717, 1.165) is 6.42 Å². The fraction of sp³-hybridized carbons (Fsp3) is 0.800. The first-order valence-corrected chi connectivity index (χ1v) is 9.95. The average molecular weight is 286 g/mol.